The highest BCUT2D eigenvalue weighted by molar-refractivity contribution is 6.00. The fraction of sp³-hybridized carbons (Fsp3) is 0.188. The molecule has 0 radical (unpaired) electrons. The van der Waals surface area contributed by atoms with Crippen molar-refractivity contribution in [2.45, 2.75) is 13.3 Å². The van der Waals surface area contributed by atoms with Gasteiger partial charge in [0.25, 0.3) is 0 Å². The number of rotatable bonds is 4. The molecule has 0 unspecified atom stereocenters. The summed E-state index contributed by atoms with van der Waals surface area (Å²) in [5, 5.41) is 27.8. The standard InChI is InChI=1S/C16H15N7O2/c1-10-4-15-19-9-13(14(2-3-24)23(15)22-10)21-16(25)20-12-5-11(6-17)7-18-8-12/h4-5,7-9,24H,2-3H2,1H3,(H2,20,21,25). The van der Waals surface area contributed by atoms with E-state index in [2.05, 4.69) is 25.7 Å². The molecular weight excluding hydrogens is 322 g/mol. The van der Waals surface area contributed by atoms with Crippen LogP contribution in [0.1, 0.15) is 17.0 Å². The van der Waals surface area contributed by atoms with Crippen LogP contribution in [0.4, 0.5) is 16.2 Å². The molecular formula is C16H15N7O2. The number of hydrogen-bond acceptors (Lipinski definition) is 6. The van der Waals surface area contributed by atoms with Crippen LogP contribution in [0.5, 0.6) is 0 Å². The smallest absolute Gasteiger partial charge is 0.323 e. The van der Waals surface area contributed by atoms with E-state index in [9.17, 15) is 9.90 Å². The lowest BCUT2D eigenvalue weighted by Crippen LogP contribution is -2.22. The fourth-order valence-electron chi connectivity index (χ4n) is 2.40. The maximum Gasteiger partial charge on any atom is 0.323 e. The Morgan fingerprint density at radius 2 is 2.16 bits per heavy atom. The molecule has 0 aliphatic rings. The molecule has 9 nitrogen and oxygen atoms in total. The summed E-state index contributed by atoms with van der Waals surface area (Å²) >= 11 is 0. The van der Waals surface area contributed by atoms with Crippen LogP contribution in [0.25, 0.3) is 5.65 Å². The predicted molar refractivity (Wildman–Crippen MR) is 90.1 cm³/mol. The monoisotopic (exact) mass is 337 g/mol. The lowest BCUT2D eigenvalue weighted by atomic mass is 10.2. The number of aliphatic hydroxyl groups is 1. The maximum atomic E-state index is 12.2. The van der Waals surface area contributed by atoms with E-state index in [1.54, 1.807) is 4.52 Å². The van der Waals surface area contributed by atoms with Crippen molar-refractivity contribution in [3.05, 3.63) is 47.7 Å². The van der Waals surface area contributed by atoms with Gasteiger partial charge in [-0.3, -0.25) is 4.98 Å². The van der Waals surface area contributed by atoms with E-state index in [-0.39, 0.29) is 6.61 Å². The average Bonchev–Trinajstić information content (AvgIpc) is 2.98. The first-order valence-corrected chi connectivity index (χ1v) is 7.49. The average molecular weight is 337 g/mol. The molecule has 3 aromatic heterocycles. The summed E-state index contributed by atoms with van der Waals surface area (Å²) in [5.74, 6) is 0. The van der Waals surface area contributed by atoms with Gasteiger partial charge in [0.05, 0.1) is 40.7 Å². The van der Waals surface area contributed by atoms with Crippen LogP contribution < -0.4 is 10.6 Å². The van der Waals surface area contributed by atoms with Crippen molar-refractivity contribution in [3.63, 3.8) is 0 Å². The number of nitrogens with zero attached hydrogens (tertiary/aromatic N) is 5. The van der Waals surface area contributed by atoms with Crippen molar-refractivity contribution in [2.75, 3.05) is 17.2 Å². The molecule has 3 aromatic rings. The summed E-state index contributed by atoms with van der Waals surface area (Å²) in [6.07, 6.45) is 4.67. The highest BCUT2D eigenvalue weighted by Crippen LogP contribution is 2.18. The first kappa shape index (κ1) is 16.4. The molecule has 2 amide bonds. The largest absolute Gasteiger partial charge is 0.396 e. The topological polar surface area (TPSA) is 128 Å². The second-order valence-electron chi connectivity index (χ2n) is 5.30. The van der Waals surface area contributed by atoms with Crippen LogP contribution in [0.3, 0.4) is 0 Å². The molecule has 0 fully saturated rings. The van der Waals surface area contributed by atoms with Gasteiger partial charge in [-0.1, -0.05) is 0 Å². The Labute approximate surface area is 143 Å². The molecule has 9 heteroatoms. The van der Waals surface area contributed by atoms with E-state index >= 15 is 0 Å². The zero-order valence-corrected chi connectivity index (χ0v) is 13.4. The van der Waals surface area contributed by atoms with E-state index < -0.39 is 6.03 Å². The summed E-state index contributed by atoms with van der Waals surface area (Å²) in [5.41, 5.74) is 3.23. The Morgan fingerprint density at radius 3 is 2.92 bits per heavy atom. The van der Waals surface area contributed by atoms with Crippen LogP contribution in [-0.4, -0.2) is 37.3 Å². The minimum absolute atomic E-state index is 0.0948. The first-order chi connectivity index (χ1) is 12.1. The van der Waals surface area contributed by atoms with Gasteiger partial charge in [0.15, 0.2) is 5.65 Å². The highest BCUT2D eigenvalue weighted by atomic mass is 16.3. The van der Waals surface area contributed by atoms with Crippen molar-refractivity contribution < 1.29 is 9.90 Å². The number of amides is 2. The van der Waals surface area contributed by atoms with Crippen LogP contribution in [0.15, 0.2) is 30.7 Å². The van der Waals surface area contributed by atoms with Crippen molar-refractivity contribution in [2.24, 2.45) is 0 Å². The number of aromatic nitrogens is 4. The Morgan fingerprint density at radius 1 is 1.32 bits per heavy atom. The lowest BCUT2D eigenvalue weighted by molar-refractivity contribution is 0.262. The molecule has 3 N–H and O–H groups in total. The molecule has 0 bridgehead atoms. The number of carbonyl (C=O) groups excluding carboxylic acids is 1. The number of pyridine rings is 1. The van der Waals surface area contributed by atoms with Gasteiger partial charge in [-0.25, -0.2) is 14.3 Å². The minimum Gasteiger partial charge on any atom is -0.396 e. The van der Waals surface area contributed by atoms with Crippen LogP contribution in [0, 0.1) is 18.3 Å². The number of nitrogens with one attached hydrogen (secondary N) is 2. The molecule has 25 heavy (non-hydrogen) atoms. The predicted octanol–water partition coefficient (Wildman–Crippen LogP) is 1.48. The SMILES string of the molecule is Cc1cc2ncc(NC(=O)Nc3cncc(C#N)c3)c(CCO)n2n1. The molecule has 0 saturated carbocycles. The number of nitriles is 1. The second-order valence-corrected chi connectivity index (χ2v) is 5.30. The number of aliphatic hydroxyl groups excluding tert-OH is 1. The lowest BCUT2D eigenvalue weighted by Gasteiger charge is -2.12. The van der Waals surface area contributed by atoms with Crippen molar-refractivity contribution in [3.8, 4) is 6.07 Å². The Bertz CT molecular complexity index is 974. The molecule has 0 spiro atoms. The summed E-state index contributed by atoms with van der Waals surface area (Å²) in [6.45, 7) is 1.74. The molecule has 0 aliphatic heterocycles. The molecule has 0 aliphatic carbocycles. The minimum atomic E-state index is -0.513. The Balaban J connectivity index is 1.85. The summed E-state index contributed by atoms with van der Waals surface area (Å²) in [4.78, 5) is 20.4. The van der Waals surface area contributed by atoms with Crippen molar-refractivity contribution in [1.82, 2.24) is 19.6 Å². The number of fused-ring (bicyclic) bond motifs is 1. The van der Waals surface area contributed by atoms with E-state index in [1.165, 1.54) is 24.7 Å². The van der Waals surface area contributed by atoms with E-state index in [4.69, 9.17) is 5.26 Å². The Hall–Kier alpha value is -3.51. The zero-order chi connectivity index (χ0) is 17.8. The zero-order valence-electron chi connectivity index (χ0n) is 13.4. The van der Waals surface area contributed by atoms with Crippen molar-refractivity contribution >= 4 is 23.1 Å². The van der Waals surface area contributed by atoms with Gasteiger partial charge in [-0.15, -0.1) is 0 Å². The van der Waals surface area contributed by atoms with Crippen LogP contribution in [-0.2, 0) is 6.42 Å². The normalized spacial score (nSPS) is 10.4. The number of carbonyl (C=O) groups is 1. The summed E-state index contributed by atoms with van der Waals surface area (Å²) in [6, 6.07) is 4.76. The Kier molecular flexibility index (Phi) is 4.54. The van der Waals surface area contributed by atoms with Crippen LogP contribution >= 0.6 is 0 Å². The fourth-order valence-corrected chi connectivity index (χ4v) is 2.40. The maximum absolute atomic E-state index is 12.2. The molecule has 0 saturated heterocycles. The molecule has 3 heterocycles. The third-order valence-corrected chi connectivity index (χ3v) is 3.43. The summed E-state index contributed by atoms with van der Waals surface area (Å²) < 4.78 is 1.60. The molecule has 0 aromatic carbocycles. The quantitative estimate of drug-likeness (QED) is 0.661. The second kappa shape index (κ2) is 6.94. The van der Waals surface area contributed by atoms with E-state index in [0.29, 0.717) is 34.7 Å². The van der Waals surface area contributed by atoms with Gasteiger partial charge >= 0.3 is 6.03 Å². The third-order valence-electron chi connectivity index (χ3n) is 3.43. The van der Waals surface area contributed by atoms with Crippen molar-refractivity contribution in [1.29, 1.82) is 5.26 Å². The molecule has 0 atom stereocenters. The molecule has 126 valence electrons. The van der Waals surface area contributed by atoms with Gasteiger partial charge in [0.1, 0.15) is 6.07 Å². The van der Waals surface area contributed by atoms with Gasteiger partial charge in [0.2, 0.25) is 0 Å². The number of urea groups is 1. The van der Waals surface area contributed by atoms with E-state index in [1.807, 2.05) is 19.1 Å². The first-order valence-electron chi connectivity index (χ1n) is 7.49. The third kappa shape index (κ3) is 3.54. The van der Waals surface area contributed by atoms with Gasteiger partial charge in [0, 0.05) is 25.3 Å². The summed E-state index contributed by atoms with van der Waals surface area (Å²) in [7, 11) is 0. The number of aryl methyl sites for hydroxylation is 1. The van der Waals surface area contributed by atoms with Gasteiger partial charge in [-0.05, 0) is 13.0 Å². The van der Waals surface area contributed by atoms with Crippen LogP contribution in [0.2, 0.25) is 0 Å². The van der Waals surface area contributed by atoms with E-state index in [0.717, 1.165) is 5.69 Å². The number of anilines is 2. The highest BCUT2D eigenvalue weighted by Gasteiger charge is 2.13. The van der Waals surface area contributed by atoms with Gasteiger partial charge < -0.3 is 15.7 Å². The molecule has 3 rings (SSSR count). The van der Waals surface area contributed by atoms with Gasteiger partial charge in [-0.2, -0.15) is 10.4 Å². The number of hydrogen-bond donors (Lipinski definition) is 3.